The standard InChI is InChI=1S/C24H24ClNO4S/c1-4-16-11-19(31(3,28)29)13-21-20-10-7-17(12-22(27)30-2)24(20)26(23(16)21)14-15-5-8-18(25)9-6-15/h4-6,8-9,11,13,17H,1,7,10,12,14H2,2-3H3. The lowest BCUT2D eigenvalue weighted by molar-refractivity contribution is -0.141. The van der Waals surface area contributed by atoms with E-state index in [9.17, 15) is 13.2 Å². The number of aryl methyl sites for hydroxylation is 1. The normalized spacial score (nSPS) is 15.8. The third-order valence-corrected chi connectivity index (χ3v) is 7.32. The number of ether oxygens (including phenoxy) is 1. The molecule has 0 saturated heterocycles. The molecule has 1 aliphatic carbocycles. The second kappa shape index (κ2) is 8.17. The fourth-order valence-corrected chi connectivity index (χ4v) is 5.36. The van der Waals surface area contributed by atoms with Crippen LogP contribution in [0.3, 0.4) is 0 Å². The van der Waals surface area contributed by atoms with Crippen LogP contribution in [0.1, 0.15) is 41.1 Å². The molecule has 2 aromatic carbocycles. The predicted octanol–water partition coefficient (Wildman–Crippen LogP) is 4.98. The zero-order valence-electron chi connectivity index (χ0n) is 17.5. The van der Waals surface area contributed by atoms with Crippen molar-refractivity contribution in [1.29, 1.82) is 0 Å². The SMILES string of the molecule is C=Cc1cc(S(C)(=O)=O)cc2c3c(n(Cc4ccc(Cl)cc4)c12)C(CC(=O)OC)CC3. The van der Waals surface area contributed by atoms with E-state index in [2.05, 4.69) is 11.1 Å². The molecule has 0 amide bonds. The second-order valence-electron chi connectivity index (χ2n) is 7.98. The van der Waals surface area contributed by atoms with E-state index in [0.717, 1.165) is 46.1 Å². The van der Waals surface area contributed by atoms with Crippen molar-refractivity contribution in [2.75, 3.05) is 13.4 Å². The van der Waals surface area contributed by atoms with Gasteiger partial charge in [0.05, 0.1) is 23.9 Å². The molecule has 0 N–H and O–H groups in total. The van der Waals surface area contributed by atoms with E-state index < -0.39 is 9.84 Å². The molecule has 4 rings (SSSR count). The van der Waals surface area contributed by atoms with Gasteiger partial charge >= 0.3 is 5.97 Å². The smallest absolute Gasteiger partial charge is 0.306 e. The topological polar surface area (TPSA) is 65.4 Å². The van der Waals surface area contributed by atoms with Crippen LogP contribution in [0.25, 0.3) is 17.0 Å². The van der Waals surface area contributed by atoms with E-state index in [1.165, 1.54) is 13.4 Å². The van der Waals surface area contributed by atoms with Gasteiger partial charge < -0.3 is 9.30 Å². The van der Waals surface area contributed by atoms with Gasteiger partial charge in [0.2, 0.25) is 0 Å². The van der Waals surface area contributed by atoms with Gasteiger partial charge in [-0.1, -0.05) is 36.4 Å². The van der Waals surface area contributed by atoms with Gasteiger partial charge in [0.15, 0.2) is 9.84 Å². The maximum Gasteiger partial charge on any atom is 0.306 e. The number of benzene rings is 2. The molecular formula is C24H24ClNO4S. The van der Waals surface area contributed by atoms with Gasteiger partial charge in [0.1, 0.15) is 0 Å². The molecule has 162 valence electrons. The number of fused-ring (bicyclic) bond motifs is 3. The Balaban J connectivity index is 1.98. The Morgan fingerprint density at radius 3 is 2.61 bits per heavy atom. The molecule has 1 heterocycles. The number of hydrogen-bond acceptors (Lipinski definition) is 4. The summed E-state index contributed by atoms with van der Waals surface area (Å²) in [4.78, 5) is 12.3. The van der Waals surface area contributed by atoms with E-state index in [4.69, 9.17) is 16.3 Å². The fourth-order valence-electron chi connectivity index (χ4n) is 4.56. The van der Waals surface area contributed by atoms with Crippen LogP contribution in [0.4, 0.5) is 0 Å². The Labute approximate surface area is 187 Å². The van der Waals surface area contributed by atoms with Crippen molar-refractivity contribution >= 4 is 44.4 Å². The van der Waals surface area contributed by atoms with Gasteiger partial charge in [0.25, 0.3) is 0 Å². The van der Waals surface area contributed by atoms with E-state index in [0.29, 0.717) is 18.0 Å². The number of methoxy groups -OCH3 is 1. The summed E-state index contributed by atoms with van der Waals surface area (Å²) in [6, 6.07) is 11.1. The van der Waals surface area contributed by atoms with Crippen LogP contribution in [0.5, 0.6) is 0 Å². The summed E-state index contributed by atoms with van der Waals surface area (Å²) in [6.07, 6.45) is 4.81. The van der Waals surface area contributed by atoms with E-state index in [1.54, 1.807) is 18.2 Å². The Hall–Kier alpha value is -2.57. The van der Waals surface area contributed by atoms with Crippen molar-refractivity contribution < 1.29 is 17.9 Å². The van der Waals surface area contributed by atoms with Crippen molar-refractivity contribution in [2.24, 2.45) is 0 Å². The molecule has 1 atom stereocenters. The summed E-state index contributed by atoms with van der Waals surface area (Å²) < 4.78 is 31.7. The Morgan fingerprint density at radius 2 is 2.00 bits per heavy atom. The Morgan fingerprint density at radius 1 is 1.29 bits per heavy atom. The van der Waals surface area contributed by atoms with Crippen LogP contribution in [0.15, 0.2) is 47.9 Å². The highest BCUT2D eigenvalue weighted by Crippen LogP contribution is 2.44. The van der Waals surface area contributed by atoms with Crippen molar-refractivity contribution in [3.8, 4) is 0 Å². The number of sulfone groups is 1. The van der Waals surface area contributed by atoms with Crippen molar-refractivity contribution in [2.45, 2.75) is 36.6 Å². The minimum absolute atomic E-state index is 0.0153. The third-order valence-electron chi connectivity index (χ3n) is 5.98. The Bertz CT molecular complexity index is 1290. The number of hydrogen-bond donors (Lipinski definition) is 0. The second-order valence-corrected chi connectivity index (χ2v) is 10.4. The predicted molar refractivity (Wildman–Crippen MR) is 123 cm³/mol. The summed E-state index contributed by atoms with van der Waals surface area (Å²) >= 11 is 6.06. The Kier molecular flexibility index (Phi) is 5.71. The van der Waals surface area contributed by atoms with Gasteiger partial charge in [-0.2, -0.15) is 0 Å². The zero-order chi connectivity index (χ0) is 22.3. The summed E-state index contributed by atoms with van der Waals surface area (Å²) in [7, 11) is -1.98. The van der Waals surface area contributed by atoms with Gasteiger partial charge in [-0.05, 0) is 53.8 Å². The molecule has 0 spiro atoms. The minimum Gasteiger partial charge on any atom is -0.469 e. The first-order valence-electron chi connectivity index (χ1n) is 10.1. The maximum atomic E-state index is 12.3. The first-order valence-corrected chi connectivity index (χ1v) is 12.3. The average Bonchev–Trinajstić information content (AvgIpc) is 3.27. The first-order chi connectivity index (χ1) is 14.7. The number of halogens is 1. The molecule has 0 saturated carbocycles. The molecule has 1 unspecified atom stereocenters. The third kappa shape index (κ3) is 4.02. The summed E-state index contributed by atoms with van der Waals surface area (Å²) in [6.45, 7) is 4.51. The van der Waals surface area contributed by atoms with Gasteiger partial charge in [-0.3, -0.25) is 4.79 Å². The summed E-state index contributed by atoms with van der Waals surface area (Å²) in [5, 5.41) is 1.58. The molecule has 7 heteroatoms. The number of nitrogens with zero attached hydrogens (tertiary/aromatic N) is 1. The monoisotopic (exact) mass is 457 g/mol. The molecule has 1 aromatic heterocycles. The maximum absolute atomic E-state index is 12.3. The molecule has 31 heavy (non-hydrogen) atoms. The van der Waals surface area contributed by atoms with Crippen LogP contribution < -0.4 is 0 Å². The van der Waals surface area contributed by atoms with Crippen LogP contribution in [0.2, 0.25) is 5.02 Å². The van der Waals surface area contributed by atoms with Crippen molar-refractivity contribution in [3.05, 3.63) is 70.4 Å². The molecule has 5 nitrogen and oxygen atoms in total. The molecule has 0 aliphatic heterocycles. The summed E-state index contributed by atoms with van der Waals surface area (Å²) in [5.41, 5.74) is 4.95. The lowest BCUT2D eigenvalue weighted by Gasteiger charge is -2.17. The number of esters is 1. The lowest BCUT2D eigenvalue weighted by atomic mass is 10.0. The van der Waals surface area contributed by atoms with Gasteiger partial charge in [-0.15, -0.1) is 0 Å². The van der Waals surface area contributed by atoms with Crippen molar-refractivity contribution in [1.82, 2.24) is 4.57 Å². The van der Waals surface area contributed by atoms with Crippen LogP contribution in [-0.4, -0.2) is 32.3 Å². The van der Waals surface area contributed by atoms with E-state index in [1.807, 2.05) is 24.3 Å². The highest BCUT2D eigenvalue weighted by Gasteiger charge is 2.33. The van der Waals surface area contributed by atoms with Crippen LogP contribution in [0, 0.1) is 0 Å². The number of carbonyl (C=O) groups excluding carboxylic acids is 1. The van der Waals surface area contributed by atoms with Crippen LogP contribution in [-0.2, 0) is 32.3 Å². The molecule has 1 aliphatic rings. The van der Waals surface area contributed by atoms with Gasteiger partial charge in [-0.25, -0.2) is 8.42 Å². The lowest BCUT2D eigenvalue weighted by Crippen LogP contribution is -2.12. The zero-order valence-corrected chi connectivity index (χ0v) is 19.1. The van der Waals surface area contributed by atoms with Crippen molar-refractivity contribution in [3.63, 3.8) is 0 Å². The van der Waals surface area contributed by atoms with E-state index in [-0.39, 0.29) is 16.8 Å². The highest BCUT2D eigenvalue weighted by atomic mass is 35.5. The largest absolute Gasteiger partial charge is 0.469 e. The molecular weight excluding hydrogens is 434 g/mol. The van der Waals surface area contributed by atoms with E-state index >= 15 is 0 Å². The first kappa shape index (κ1) is 21.7. The summed E-state index contributed by atoms with van der Waals surface area (Å²) in [5.74, 6) is -0.233. The van der Waals surface area contributed by atoms with Gasteiger partial charge in [0, 0.05) is 34.8 Å². The number of aromatic nitrogens is 1. The van der Waals surface area contributed by atoms with Crippen LogP contribution >= 0.6 is 11.6 Å². The molecule has 0 radical (unpaired) electrons. The fraction of sp³-hybridized carbons (Fsp3) is 0.292. The minimum atomic E-state index is -3.38. The molecule has 0 bridgehead atoms. The molecule has 3 aromatic rings. The highest BCUT2D eigenvalue weighted by molar-refractivity contribution is 7.90. The number of rotatable bonds is 6. The molecule has 0 fully saturated rings. The quantitative estimate of drug-likeness (QED) is 0.489. The average molecular weight is 458 g/mol. The number of carbonyl (C=O) groups is 1.